The zero-order chi connectivity index (χ0) is 13.9. The number of nitrogens with zero attached hydrogens (tertiary/aromatic N) is 1. The van der Waals surface area contributed by atoms with Crippen LogP contribution in [0, 0.1) is 12.8 Å². The topological polar surface area (TPSA) is 76.1 Å². The summed E-state index contributed by atoms with van der Waals surface area (Å²) < 4.78 is 22.4. The van der Waals surface area contributed by atoms with Crippen molar-refractivity contribution in [3.63, 3.8) is 0 Å². The van der Waals surface area contributed by atoms with Crippen molar-refractivity contribution in [2.24, 2.45) is 5.92 Å². The molecule has 5 nitrogen and oxygen atoms in total. The number of aromatic nitrogens is 1. The maximum Gasteiger partial charge on any atom is 0.272 e. The van der Waals surface area contributed by atoms with Crippen molar-refractivity contribution in [2.45, 2.75) is 37.8 Å². The second-order valence-corrected chi connectivity index (χ2v) is 8.07. The van der Waals surface area contributed by atoms with Crippen LogP contribution in [0.15, 0.2) is 4.21 Å². The highest BCUT2D eigenvalue weighted by Crippen LogP contribution is 2.29. The Balaban J connectivity index is 2.73. The molecule has 102 valence electrons. The third-order valence-electron chi connectivity index (χ3n) is 2.17. The molecule has 8 heteroatoms. The molecule has 0 atom stereocenters. The van der Waals surface area contributed by atoms with E-state index in [4.69, 9.17) is 10.7 Å². The Kier molecular flexibility index (Phi) is 5.12. The summed E-state index contributed by atoms with van der Waals surface area (Å²) in [7, 11) is 1.45. The number of hydrogen-bond acceptors (Lipinski definition) is 5. The van der Waals surface area contributed by atoms with Gasteiger partial charge >= 0.3 is 0 Å². The van der Waals surface area contributed by atoms with E-state index in [-0.39, 0.29) is 15.2 Å². The fourth-order valence-corrected chi connectivity index (χ4v) is 3.63. The average molecular weight is 311 g/mol. The lowest BCUT2D eigenvalue weighted by atomic mass is 10.1. The Morgan fingerprint density at radius 3 is 2.56 bits per heavy atom. The summed E-state index contributed by atoms with van der Waals surface area (Å²) in [5.74, 6) is 0.267. The fraction of sp³-hybridized carbons (Fsp3) is 0.600. The minimum absolute atomic E-state index is 0.0247. The van der Waals surface area contributed by atoms with Gasteiger partial charge in [0, 0.05) is 17.1 Å². The Bertz CT molecular complexity index is 537. The molecule has 1 rings (SSSR count). The summed E-state index contributed by atoms with van der Waals surface area (Å²) in [5, 5.41) is 2.84. The second kappa shape index (κ2) is 5.99. The SMILES string of the molecule is Cc1nc(NC(=O)CCC(C)C)sc1S(=O)(=O)Cl. The molecule has 1 amide bonds. The maximum atomic E-state index is 11.6. The van der Waals surface area contributed by atoms with Gasteiger partial charge < -0.3 is 5.32 Å². The summed E-state index contributed by atoms with van der Waals surface area (Å²) in [4.78, 5) is 15.5. The van der Waals surface area contributed by atoms with Crippen molar-refractivity contribution < 1.29 is 13.2 Å². The van der Waals surface area contributed by atoms with Crippen molar-refractivity contribution in [2.75, 3.05) is 5.32 Å². The summed E-state index contributed by atoms with van der Waals surface area (Å²) in [6.45, 7) is 5.59. The average Bonchev–Trinajstić information content (AvgIpc) is 2.56. The standard InChI is InChI=1S/C10H15ClN2O3S2/c1-6(2)4-5-8(14)13-10-12-7(3)9(17-10)18(11,15)16/h6H,4-5H2,1-3H3,(H,12,13,14). The van der Waals surface area contributed by atoms with Crippen molar-refractivity contribution in [1.29, 1.82) is 0 Å². The molecule has 0 fully saturated rings. The van der Waals surface area contributed by atoms with Gasteiger partial charge in [-0.05, 0) is 19.3 Å². The van der Waals surface area contributed by atoms with Crippen molar-refractivity contribution in [3.8, 4) is 0 Å². The highest BCUT2D eigenvalue weighted by molar-refractivity contribution is 8.15. The molecular formula is C10H15ClN2O3S2. The molecule has 18 heavy (non-hydrogen) atoms. The van der Waals surface area contributed by atoms with Gasteiger partial charge in [-0.25, -0.2) is 13.4 Å². The molecule has 1 N–H and O–H groups in total. The minimum Gasteiger partial charge on any atom is -0.302 e. The van der Waals surface area contributed by atoms with Crippen molar-refractivity contribution in [1.82, 2.24) is 4.98 Å². The highest BCUT2D eigenvalue weighted by atomic mass is 35.7. The van der Waals surface area contributed by atoms with Gasteiger partial charge in [0.05, 0.1) is 5.69 Å². The van der Waals surface area contributed by atoms with E-state index in [0.29, 0.717) is 18.0 Å². The van der Waals surface area contributed by atoms with Gasteiger partial charge in [-0.3, -0.25) is 4.79 Å². The first kappa shape index (κ1) is 15.4. The number of rotatable bonds is 5. The molecule has 1 aromatic rings. The second-order valence-electron chi connectivity index (χ2n) is 4.31. The van der Waals surface area contributed by atoms with E-state index in [1.807, 2.05) is 13.8 Å². The van der Waals surface area contributed by atoms with Crippen LogP contribution in [-0.4, -0.2) is 19.3 Å². The number of carbonyl (C=O) groups is 1. The summed E-state index contributed by atoms with van der Waals surface area (Å²) >= 11 is 0.866. The van der Waals surface area contributed by atoms with Gasteiger partial charge in [0.15, 0.2) is 9.34 Å². The largest absolute Gasteiger partial charge is 0.302 e. The van der Waals surface area contributed by atoms with Crippen molar-refractivity contribution >= 4 is 42.1 Å². The van der Waals surface area contributed by atoms with Crippen molar-refractivity contribution in [3.05, 3.63) is 5.69 Å². The molecule has 0 spiro atoms. The van der Waals surface area contributed by atoms with E-state index in [2.05, 4.69) is 10.3 Å². The van der Waals surface area contributed by atoms with Crippen LogP contribution < -0.4 is 5.32 Å². The lowest BCUT2D eigenvalue weighted by Gasteiger charge is -2.03. The number of carbonyl (C=O) groups excluding carboxylic acids is 1. The first-order chi connectivity index (χ1) is 8.20. The highest BCUT2D eigenvalue weighted by Gasteiger charge is 2.20. The molecular weight excluding hydrogens is 296 g/mol. The van der Waals surface area contributed by atoms with Crippen LogP contribution in [-0.2, 0) is 13.8 Å². The minimum atomic E-state index is -3.80. The number of thiazole rings is 1. The van der Waals surface area contributed by atoms with E-state index >= 15 is 0 Å². The normalized spacial score (nSPS) is 11.8. The van der Waals surface area contributed by atoms with Crippen LogP contribution in [0.3, 0.4) is 0 Å². The zero-order valence-corrected chi connectivity index (χ0v) is 12.7. The van der Waals surface area contributed by atoms with E-state index in [9.17, 15) is 13.2 Å². The number of hydrogen-bond donors (Lipinski definition) is 1. The zero-order valence-electron chi connectivity index (χ0n) is 10.4. The molecule has 0 saturated carbocycles. The Labute approximate surface area is 115 Å². The fourth-order valence-electron chi connectivity index (χ4n) is 1.26. The molecule has 0 bridgehead atoms. The molecule has 1 aromatic heterocycles. The summed E-state index contributed by atoms with van der Waals surface area (Å²) in [5.41, 5.74) is 0.300. The van der Waals surface area contributed by atoms with Gasteiger partial charge in [-0.2, -0.15) is 0 Å². The smallest absolute Gasteiger partial charge is 0.272 e. The molecule has 0 aromatic carbocycles. The van der Waals surface area contributed by atoms with Crippen LogP contribution in [0.2, 0.25) is 0 Å². The predicted octanol–water partition coefficient (Wildman–Crippen LogP) is 2.75. The van der Waals surface area contributed by atoms with Crippen LogP contribution in [0.4, 0.5) is 5.13 Å². The monoisotopic (exact) mass is 310 g/mol. The summed E-state index contributed by atoms with van der Waals surface area (Å²) in [6, 6.07) is 0. The summed E-state index contributed by atoms with van der Waals surface area (Å²) in [6.07, 6.45) is 1.16. The van der Waals surface area contributed by atoms with Gasteiger partial charge in [0.2, 0.25) is 5.91 Å². The molecule has 1 heterocycles. The lowest BCUT2D eigenvalue weighted by molar-refractivity contribution is -0.116. The molecule has 0 radical (unpaired) electrons. The third kappa shape index (κ3) is 4.55. The number of anilines is 1. The Morgan fingerprint density at radius 2 is 2.11 bits per heavy atom. The molecule has 0 aliphatic carbocycles. The van der Waals surface area contributed by atoms with Gasteiger partial charge in [0.25, 0.3) is 9.05 Å². The third-order valence-corrected chi connectivity index (χ3v) is 5.42. The van der Waals surface area contributed by atoms with Crippen LogP contribution in [0.1, 0.15) is 32.4 Å². The number of nitrogens with one attached hydrogen (secondary N) is 1. The molecule has 0 aliphatic heterocycles. The van der Waals surface area contributed by atoms with E-state index < -0.39 is 9.05 Å². The van der Waals surface area contributed by atoms with E-state index in [1.165, 1.54) is 6.92 Å². The predicted molar refractivity (Wildman–Crippen MR) is 72.6 cm³/mol. The van der Waals surface area contributed by atoms with Gasteiger partial charge in [0.1, 0.15) is 0 Å². The van der Waals surface area contributed by atoms with E-state index in [0.717, 1.165) is 17.8 Å². The first-order valence-corrected chi connectivity index (χ1v) is 8.54. The number of amides is 1. The van der Waals surface area contributed by atoms with Crippen LogP contribution in [0.5, 0.6) is 0 Å². The molecule has 0 saturated heterocycles. The maximum absolute atomic E-state index is 11.6. The Hall–Kier alpha value is -0.660. The number of halogens is 1. The van der Waals surface area contributed by atoms with E-state index in [1.54, 1.807) is 0 Å². The quantitative estimate of drug-likeness (QED) is 0.848. The Morgan fingerprint density at radius 1 is 1.50 bits per heavy atom. The van der Waals surface area contributed by atoms with Gasteiger partial charge in [-0.15, -0.1) is 0 Å². The number of aryl methyl sites for hydroxylation is 1. The van der Waals surface area contributed by atoms with Crippen LogP contribution >= 0.6 is 22.0 Å². The van der Waals surface area contributed by atoms with Crippen LogP contribution in [0.25, 0.3) is 0 Å². The van der Waals surface area contributed by atoms with Gasteiger partial charge in [-0.1, -0.05) is 25.2 Å². The lowest BCUT2D eigenvalue weighted by Crippen LogP contribution is -2.11. The first-order valence-electron chi connectivity index (χ1n) is 5.42. The molecule has 0 aliphatic rings. The molecule has 0 unspecified atom stereocenters.